The highest BCUT2D eigenvalue weighted by Crippen LogP contribution is 2.25. The van der Waals surface area contributed by atoms with Crippen molar-refractivity contribution in [1.82, 2.24) is 19.5 Å². The zero-order chi connectivity index (χ0) is 14.7. The van der Waals surface area contributed by atoms with Crippen LogP contribution in [0.2, 0.25) is 0 Å². The van der Waals surface area contributed by atoms with Crippen LogP contribution >= 0.6 is 0 Å². The molecule has 2 aromatic heterocycles. The Kier molecular flexibility index (Phi) is 4.03. The summed E-state index contributed by atoms with van der Waals surface area (Å²) in [4.78, 5) is 4.35. The zero-order valence-corrected chi connectivity index (χ0v) is 12.5. The largest absolute Gasteiger partial charge is 0.284 e. The van der Waals surface area contributed by atoms with E-state index in [-0.39, 0.29) is 4.90 Å². The van der Waals surface area contributed by atoms with Gasteiger partial charge in [0, 0.05) is 31.7 Å². The lowest BCUT2D eigenvalue weighted by Gasteiger charge is -2.31. The Hall–Kier alpha value is -1.73. The Morgan fingerprint density at radius 2 is 2.29 bits per heavy atom. The molecular weight excluding hydrogens is 288 g/mol. The fourth-order valence-electron chi connectivity index (χ4n) is 2.79. The van der Waals surface area contributed by atoms with Crippen molar-refractivity contribution in [3.8, 4) is 0 Å². The van der Waals surface area contributed by atoms with E-state index in [1.807, 2.05) is 18.3 Å². The summed E-state index contributed by atoms with van der Waals surface area (Å²) in [5.74, 6) is 0.338. The number of aromatic nitrogens is 3. The molecule has 7 heteroatoms. The third-order valence-corrected chi connectivity index (χ3v) is 5.67. The maximum atomic E-state index is 12.5. The summed E-state index contributed by atoms with van der Waals surface area (Å²) >= 11 is 0. The van der Waals surface area contributed by atoms with Crippen molar-refractivity contribution in [1.29, 1.82) is 0 Å². The number of hydrogen-bond acceptors (Lipinski definition) is 4. The second-order valence-electron chi connectivity index (χ2n) is 5.37. The van der Waals surface area contributed by atoms with E-state index in [1.165, 1.54) is 12.4 Å². The summed E-state index contributed by atoms with van der Waals surface area (Å²) in [6, 6.07) is 3.95. The normalized spacial score (nSPS) is 20.5. The Morgan fingerprint density at radius 3 is 3.00 bits per heavy atom. The van der Waals surface area contributed by atoms with Gasteiger partial charge >= 0.3 is 0 Å². The van der Waals surface area contributed by atoms with Crippen molar-refractivity contribution in [3.63, 3.8) is 0 Å². The smallest absolute Gasteiger partial charge is 0.246 e. The maximum absolute atomic E-state index is 12.5. The summed E-state index contributed by atoms with van der Waals surface area (Å²) in [6.07, 6.45) is 9.20. The Balaban J connectivity index is 1.71. The van der Waals surface area contributed by atoms with Crippen molar-refractivity contribution >= 4 is 10.0 Å². The van der Waals surface area contributed by atoms with Gasteiger partial charge in [0.05, 0.1) is 6.20 Å². The number of H-pyrrole nitrogens is 1. The number of sulfonamides is 1. The summed E-state index contributed by atoms with van der Waals surface area (Å²) in [5, 5.41) is 6.29. The lowest BCUT2D eigenvalue weighted by molar-refractivity contribution is 0.265. The highest BCUT2D eigenvalue weighted by molar-refractivity contribution is 7.89. The predicted molar refractivity (Wildman–Crippen MR) is 78.0 cm³/mol. The van der Waals surface area contributed by atoms with Crippen LogP contribution in [0.25, 0.3) is 0 Å². The first-order chi connectivity index (χ1) is 10.2. The molecule has 112 valence electrons. The molecule has 1 unspecified atom stereocenters. The van der Waals surface area contributed by atoms with Gasteiger partial charge in [-0.3, -0.25) is 10.1 Å². The van der Waals surface area contributed by atoms with Crippen molar-refractivity contribution < 1.29 is 8.42 Å². The Morgan fingerprint density at radius 1 is 1.38 bits per heavy atom. The summed E-state index contributed by atoms with van der Waals surface area (Å²) in [5.41, 5.74) is 1.16. The molecular formula is C14H18N4O2S. The molecule has 2 aromatic rings. The van der Waals surface area contributed by atoms with Gasteiger partial charge in [-0.15, -0.1) is 0 Å². The molecule has 3 rings (SSSR count). The quantitative estimate of drug-likeness (QED) is 0.927. The molecule has 21 heavy (non-hydrogen) atoms. The standard InChI is InChI=1S/C14H18N4O2S/c19-21(20,14-9-16-17-10-14)18-6-2-4-13(11-18)7-12-3-1-5-15-8-12/h1,3,5,8-10,13H,2,4,6-7,11H2,(H,16,17). The van der Waals surface area contributed by atoms with Gasteiger partial charge in [0.15, 0.2) is 0 Å². The first kappa shape index (κ1) is 14.2. The number of piperidine rings is 1. The molecule has 6 nitrogen and oxygen atoms in total. The van der Waals surface area contributed by atoms with Crippen LogP contribution in [-0.2, 0) is 16.4 Å². The topological polar surface area (TPSA) is 79.0 Å². The number of hydrogen-bond donors (Lipinski definition) is 1. The molecule has 1 aliphatic rings. The molecule has 0 spiro atoms. The van der Waals surface area contributed by atoms with Crippen LogP contribution in [0.5, 0.6) is 0 Å². The van der Waals surface area contributed by atoms with Crippen LogP contribution in [-0.4, -0.2) is 41.0 Å². The van der Waals surface area contributed by atoms with Gasteiger partial charge in [0.25, 0.3) is 0 Å². The lowest BCUT2D eigenvalue weighted by Crippen LogP contribution is -2.40. The Labute approximate surface area is 124 Å². The van der Waals surface area contributed by atoms with Crippen LogP contribution in [0.1, 0.15) is 18.4 Å². The zero-order valence-electron chi connectivity index (χ0n) is 11.6. The van der Waals surface area contributed by atoms with Crippen LogP contribution in [0.4, 0.5) is 0 Å². The first-order valence-corrected chi connectivity index (χ1v) is 8.48. The van der Waals surface area contributed by atoms with Crippen LogP contribution in [0, 0.1) is 5.92 Å². The molecule has 1 atom stereocenters. The molecule has 0 aromatic carbocycles. The minimum absolute atomic E-state index is 0.240. The van der Waals surface area contributed by atoms with E-state index in [0.29, 0.717) is 19.0 Å². The van der Waals surface area contributed by atoms with Gasteiger partial charge in [-0.05, 0) is 36.8 Å². The first-order valence-electron chi connectivity index (χ1n) is 7.04. The van der Waals surface area contributed by atoms with Gasteiger partial charge in [-0.2, -0.15) is 9.40 Å². The average Bonchev–Trinajstić information content (AvgIpc) is 3.04. The van der Waals surface area contributed by atoms with E-state index in [2.05, 4.69) is 15.2 Å². The molecule has 1 fully saturated rings. The highest BCUT2D eigenvalue weighted by atomic mass is 32.2. The fourth-order valence-corrected chi connectivity index (χ4v) is 4.26. The van der Waals surface area contributed by atoms with Crippen molar-refractivity contribution in [2.45, 2.75) is 24.2 Å². The molecule has 1 N–H and O–H groups in total. The third-order valence-electron chi connectivity index (χ3n) is 3.84. The minimum atomic E-state index is -3.42. The SMILES string of the molecule is O=S(=O)(c1cn[nH]c1)N1CCCC(Cc2cccnc2)C1. The molecule has 0 saturated carbocycles. The number of pyridine rings is 1. The molecule has 0 bridgehead atoms. The van der Waals surface area contributed by atoms with E-state index in [4.69, 9.17) is 0 Å². The number of rotatable bonds is 4. The van der Waals surface area contributed by atoms with Crippen molar-refractivity contribution in [2.75, 3.05) is 13.1 Å². The summed E-state index contributed by atoms with van der Waals surface area (Å²) in [6.45, 7) is 1.14. The molecule has 1 saturated heterocycles. The third kappa shape index (κ3) is 3.14. The van der Waals surface area contributed by atoms with Crippen LogP contribution in [0.15, 0.2) is 41.8 Å². The second-order valence-corrected chi connectivity index (χ2v) is 7.31. The minimum Gasteiger partial charge on any atom is -0.284 e. The molecule has 1 aliphatic heterocycles. The van der Waals surface area contributed by atoms with E-state index >= 15 is 0 Å². The van der Waals surface area contributed by atoms with Gasteiger partial charge < -0.3 is 0 Å². The average molecular weight is 306 g/mol. The highest BCUT2D eigenvalue weighted by Gasteiger charge is 2.30. The second kappa shape index (κ2) is 5.95. The maximum Gasteiger partial charge on any atom is 0.246 e. The van der Waals surface area contributed by atoms with E-state index in [0.717, 1.165) is 24.8 Å². The van der Waals surface area contributed by atoms with E-state index in [9.17, 15) is 8.42 Å². The Bertz CT molecular complexity index is 670. The molecule has 0 aliphatic carbocycles. The van der Waals surface area contributed by atoms with Gasteiger partial charge in [-0.1, -0.05) is 6.07 Å². The summed E-state index contributed by atoms with van der Waals surface area (Å²) in [7, 11) is -3.42. The molecule has 0 radical (unpaired) electrons. The monoisotopic (exact) mass is 306 g/mol. The van der Waals surface area contributed by atoms with Gasteiger partial charge in [0.2, 0.25) is 10.0 Å². The number of aromatic amines is 1. The van der Waals surface area contributed by atoms with Crippen LogP contribution in [0.3, 0.4) is 0 Å². The van der Waals surface area contributed by atoms with Gasteiger partial charge in [0.1, 0.15) is 4.90 Å². The lowest BCUT2D eigenvalue weighted by atomic mass is 9.93. The van der Waals surface area contributed by atoms with Crippen molar-refractivity contribution in [3.05, 3.63) is 42.5 Å². The predicted octanol–water partition coefficient (Wildman–Crippen LogP) is 1.45. The van der Waals surface area contributed by atoms with Gasteiger partial charge in [-0.25, -0.2) is 8.42 Å². The number of nitrogens with one attached hydrogen (secondary N) is 1. The van der Waals surface area contributed by atoms with E-state index < -0.39 is 10.0 Å². The molecule has 3 heterocycles. The van der Waals surface area contributed by atoms with Crippen LogP contribution < -0.4 is 0 Å². The van der Waals surface area contributed by atoms with E-state index in [1.54, 1.807) is 10.5 Å². The molecule has 0 amide bonds. The number of nitrogens with zero attached hydrogens (tertiary/aromatic N) is 3. The fraction of sp³-hybridized carbons (Fsp3) is 0.429. The summed E-state index contributed by atoms with van der Waals surface area (Å²) < 4.78 is 26.6. The van der Waals surface area contributed by atoms with Crippen molar-refractivity contribution in [2.24, 2.45) is 5.92 Å².